The Kier molecular flexibility index (Phi) is 6.87. The van der Waals surface area contributed by atoms with E-state index in [1.54, 1.807) is 24.3 Å². The van der Waals surface area contributed by atoms with Gasteiger partial charge in [-0.2, -0.15) is 0 Å². The maximum Gasteiger partial charge on any atom is 0.342 e. The van der Waals surface area contributed by atoms with Gasteiger partial charge in [0.15, 0.2) is 6.61 Å². The minimum absolute atomic E-state index is 0.237. The van der Waals surface area contributed by atoms with Crippen LogP contribution in [0.3, 0.4) is 0 Å². The van der Waals surface area contributed by atoms with E-state index < -0.39 is 24.5 Å². The van der Waals surface area contributed by atoms with Crippen LogP contribution >= 0.6 is 11.3 Å². The molecule has 8 heteroatoms. The first-order chi connectivity index (χ1) is 14.0. The van der Waals surface area contributed by atoms with Crippen LogP contribution in [0.25, 0.3) is 0 Å². The summed E-state index contributed by atoms with van der Waals surface area (Å²) in [4.78, 5) is 38.0. The Labute approximate surface area is 173 Å². The van der Waals surface area contributed by atoms with E-state index in [-0.39, 0.29) is 5.56 Å². The Balaban J connectivity index is 1.70. The second-order valence-electron chi connectivity index (χ2n) is 6.58. The standard InChI is InChI=1S/C21H23NO6S/c1-26-15-10-7-6-8-13(15)20(24)28-12-17(23)22-19-18(21(25)27-2)14-9-4-3-5-11-16(14)29-19/h6-8,10H,3-5,9,11-12H2,1-2H3,(H,22,23). The van der Waals surface area contributed by atoms with Crippen LogP contribution in [0.5, 0.6) is 5.75 Å². The highest BCUT2D eigenvalue weighted by molar-refractivity contribution is 7.17. The van der Waals surface area contributed by atoms with Crippen LogP contribution in [0, 0.1) is 0 Å². The number of carbonyl (C=O) groups excluding carboxylic acids is 3. The van der Waals surface area contributed by atoms with Crippen LogP contribution in [0.2, 0.25) is 0 Å². The summed E-state index contributed by atoms with van der Waals surface area (Å²) in [6, 6.07) is 6.61. The second kappa shape index (κ2) is 9.56. The van der Waals surface area contributed by atoms with Crippen LogP contribution in [0.15, 0.2) is 24.3 Å². The lowest BCUT2D eigenvalue weighted by Crippen LogP contribution is -2.22. The van der Waals surface area contributed by atoms with Crippen molar-refractivity contribution >= 4 is 34.2 Å². The molecule has 0 saturated carbocycles. The third-order valence-electron chi connectivity index (χ3n) is 4.73. The number of aryl methyl sites for hydroxylation is 1. The Bertz CT molecular complexity index is 920. The van der Waals surface area contributed by atoms with Gasteiger partial charge in [-0.1, -0.05) is 18.6 Å². The van der Waals surface area contributed by atoms with Gasteiger partial charge in [-0.3, -0.25) is 4.79 Å². The Morgan fingerprint density at radius 3 is 2.55 bits per heavy atom. The molecule has 154 valence electrons. The van der Waals surface area contributed by atoms with Gasteiger partial charge in [0.05, 0.1) is 19.8 Å². The normalized spacial score (nSPS) is 13.0. The zero-order chi connectivity index (χ0) is 20.8. The molecule has 29 heavy (non-hydrogen) atoms. The number of fused-ring (bicyclic) bond motifs is 1. The molecule has 1 aliphatic rings. The summed E-state index contributed by atoms with van der Waals surface area (Å²) in [6.45, 7) is -0.472. The molecule has 0 fully saturated rings. The summed E-state index contributed by atoms with van der Waals surface area (Å²) in [7, 11) is 2.78. The topological polar surface area (TPSA) is 90.9 Å². The van der Waals surface area contributed by atoms with Gasteiger partial charge in [-0.25, -0.2) is 9.59 Å². The summed E-state index contributed by atoms with van der Waals surface area (Å²) < 4.78 is 15.2. The van der Waals surface area contributed by atoms with Crippen molar-refractivity contribution in [1.82, 2.24) is 0 Å². The smallest absolute Gasteiger partial charge is 0.342 e. The van der Waals surface area contributed by atoms with Crippen LogP contribution in [-0.4, -0.2) is 38.7 Å². The first-order valence-electron chi connectivity index (χ1n) is 9.38. The fraction of sp³-hybridized carbons (Fsp3) is 0.381. The molecule has 1 heterocycles. The molecule has 1 amide bonds. The third kappa shape index (κ3) is 4.76. The quantitative estimate of drug-likeness (QED) is 0.570. The molecule has 0 spiro atoms. The van der Waals surface area contributed by atoms with Crippen molar-refractivity contribution in [1.29, 1.82) is 0 Å². The van der Waals surface area contributed by atoms with Crippen molar-refractivity contribution < 1.29 is 28.6 Å². The van der Waals surface area contributed by atoms with E-state index >= 15 is 0 Å². The van der Waals surface area contributed by atoms with Gasteiger partial charge in [0.1, 0.15) is 16.3 Å². The zero-order valence-electron chi connectivity index (χ0n) is 16.4. The zero-order valence-corrected chi connectivity index (χ0v) is 17.2. The van der Waals surface area contributed by atoms with Crippen molar-refractivity contribution in [3.05, 3.63) is 45.8 Å². The van der Waals surface area contributed by atoms with E-state index in [4.69, 9.17) is 14.2 Å². The molecule has 1 aromatic heterocycles. The third-order valence-corrected chi connectivity index (χ3v) is 5.93. The number of anilines is 1. The molecule has 3 rings (SSSR count). The lowest BCUT2D eigenvalue weighted by atomic mass is 10.1. The number of carbonyl (C=O) groups is 3. The van der Waals surface area contributed by atoms with E-state index in [1.807, 2.05) is 0 Å². The van der Waals surface area contributed by atoms with Crippen LogP contribution in [-0.2, 0) is 27.1 Å². The maximum atomic E-state index is 12.4. The maximum absolute atomic E-state index is 12.4. The number of hydrogen-bond acceptors (Lipinski definition) is 7. The van der Waals surface area contributed by atoms with Gasteiger partial charge in [0, 0.05) is 4.88 Å². The molecule has 2 aromatic rings. The Morgan fingerprint density at radius 1 is 1.03 bits per heavy atom. The van der Waals surface area contributed by atoms with Crippen molar-refractivity contribution in [2.24, 2.45) is 0 Å². The summed E-state index contributed by atoms with van der Waals surface area (Å²) in [5.41, 5.74) is 1.61. The highest BCUT2D eigenvalue weighted by Gasteiger charge is 2.26. The average Bonchev–Trinajstić information content (AvgIpc) is 2.91. The predicted molar refractivity (Wildman–Crippen MR) is 109 cm³/mol. The molecule has 0 atom stereocenters. The summed E-state index contributed by atoms with van der Waals surface area (Å²) in [5.74, 6) is -1.28. The first-order valence-corrected chi connectivity index (χ1v) is 10.2. The summed E-state index contributed by atoms with van der Waals surface area (Å²) in [6.07, 6.45) is 4.83. The number of hydrogen-bond donors (Lipinski definition) is 1. The number of para-hydroxylation sites is 1. The largest absolute Gasteiger partial charge is 0.496 e. The summed E-state index contributed by atoms with van der Waals surface area (Å²) in [5, 5.41) is 3.16. The van der Waals surface area contributed by atoms with Crippen LogP contribution < -0.4 is 10.1 Å². The molecule has 0 saturated heterocycles. The number of amides is 1. The van der Waals surface area contributed by atoms with Gasteiger partial charge < -0.3 is 19.5 Å². The molecule has 0 bridgehead atoms. The van der Waals surface area contributed by atoms with Crippen molar-refractivity contribution in [2.45, 2.75) is 32.1 Å². The number of ether oxygens (including phenoxy) is 3. The highest BCUT2D eigenvalue weighted by atomic mass is 32.1. The molecule has 1 aromatic carbocycles. The highest BCUT2D eigenvalue weighted by Crippen LogP contribution is 2.37. The molecule has 0 aliphatic heterocycles. The molecule has 1 aliphatic carbocycles. The molecular formula is C21H23NO6S. The molecule has 7 nitrogen and oxygen atoms in total. The average molecular weight is 417 g/mol. The Morgan fingerprint density at radius 2 is 1.79 bits per heavy atom. The Hall–Kier alpha value is -2.87. The number of thiophene rings is 1. The first kappa shape index (κ1) is 20.9. The molecule has 0 radical (unpaired) electrons. The molecule has 0 unspecified atom stereocenters. The monoisotopic (exact) mass is 417 g/mol. The number of methoxy groups -OCH3 is 2. The van der Waals surface area contributed by atoms with E-state index in [9.17, 15) is 14.4 Å². The SMILES string of the molecule is COC(=O)c1c(NC(=O)COC(=O)c2ccccc2OC)sc2c1CCCCC2. The van der Waals surface area contributed by atoms with E-state index in [1.165, 1.54) is 25.6 Å². The van der Waals surface area contributed by atoms with Crippen molar-refractivity contribution in [2.75, 3.05) is 26.1 Å². The number of esters is 2. The van der Waals surface area contributed by atoms with Gasteiger partial charge in [0.25, 0.3) is 5.91 Å². The van der Waals surface area contributed by atoms with Gasteiger partial charge in [-0.05, 0) is 43.4 Å². The van der Waals surface area contributed by atoms with E-state index in [2.05, 4.69) is 5.32 Å². The molecular weight excluding hydrogens is 394 g/mol. The van der Waals surface area contributed by atoms with Crippen molar-refractivity contribution in [3.63, 3.8) is 0 Å². The van der Waals surface area contributed by atoms with Gasteiger partial charge in [0.2, 0.25) is 0 Å². The predicted octanol–water partition coefficient (Wildman–Crippen LogP) is 3.61. The lowest BCUT2D eigenvalue weighted by molar-refractivity contribution is -0.119. The number of nitrogens with one attached hydrogen (secondary N) is 1. The van der Waals surface area contributed by atoms with Crippen LogP contribution in [0.4, 0.5) is 5.00 Å². The van der Waals surface area contributed by atoms with Gasteiger partial charge in [-0.15, -0.1) is 11.3 Å². The number of rotatable bonds is 6. The fourth-order valence-corrected chi connectivity index (χ4v) is 4.63. The lowest BCUT2D eigenvalue weighted by Gasteiger charge is -2.09. The summed E-state index contributed by atoms with van der Waals surface area (Å²) >= 11 is 1.39. The minimum atomic E-state index is -0.659. The second-order valence-corrected chi connectivity index (χ2v) is 7.69. The van der Waals surface area contributed by atoms with E-state index in [0.717, 1.165) is 42.5 Å². The number of benzene rings is 1. The van der Waals surface area contributed by atoms with Crippen LogP contribution in [0.1, 0.15) is 50.4 Å². The molecule has 1 N–H and O–H groups in total. The fourth-order valence-electron chi connectivity index (χ4n) is 3.33. The van der Waals surface area contributed by atoms with E-state index in [0.29, 0.717) is 16.3 Å². The van der Waals surface area contributed by atoms with Gasteiger partial charge >= 0.3 is 11.9 Å². The van der Waals surface area contributed by atoms with Crippen molar-refractivity contribution in [3.8, 4) is 5.75 Å². The minimum Gasteiger partial charge on any atom is -0.496 e.